The van der Waals surface area contributed by atoms with Crippen LogP contribution in [-0.4, -0.2) is 36.2 Å². The van der Waals surface area contributed by atoms with E-state index < -0.39 is 11.7 Å². The molecule has 118 valence electrons. The summed E-state index contributed by atoms with van der Waals surface area (Å²) >= 11 is 1.48. The molecule has 1 aliphatic heterocycles. The summed E-state index contributed by atoms with van der Waals surface area (Å²) in [5.74, 6) is 0. The Bertz CT molecular complexity index is 636. The first-order valence-electron chi connectivity index (χ1n) is 6.94. The van der Waals surface area contributed by atoms with Crippen LogP contribution in [0.5, 0.6) is 0 Å². The van der Waals surface area contributed by atoms with Gasteiger partial charge in [-0.25, -0.2) is 4.98 Å². The number of hydrogen-bond donors (Lipinski definition) is 0. The third-order valence-corrected chi connectivity index (χ3v) is 4.33. The molecule has 2 heterocycles. The average molecular weight is 328 g/mol. The molecule has 1 saturated heterocycles. The molecule has 0 radical (unpaired) electrons. The number of halogens is 3. The van der Waals surface area contributed by atoms with Gasteiger partial charge in [-0.2, -0.15) is 13.2 Å². The number of morpholine rings is 1. The molecule has 1 aromatic heterocycles. The van der Waals surface area contributed by atoms with E-state index in [1.807, 2.05) is 5.38 Å². The van der Waals surface area contributed by atoms with Gasteiger partial charge < -0.3 is 4.74 Å². The van der Waals surface area contributed by atoms with Crippen LogP contribution in [0.2, 0.25) is 0 Å². The molecule has 1 aliphatic rings. The highest BCUT2D eigenvalue weighted by atomic mass is 32.1. The minimum atomic E-state index is -4.33. The van der Waals surface area contributed by atoms with E-state index in [1.165, 1.54) is 17.4 Å². The van der Waals surface area contributed by atoms with Crippen molar-refractivity contribution in [3.05, 3.63) is 40.2 Å². The summed E-state index contributed by atoms with van der Waals surface area (Å²) < 4.78 is 43.6. The number of ether oxygens (including phenoxy) is 1. The van der Waals surface area contributed by atoms with Gasteiger partial charge in [-0.15, -0.1) is 11.3 Å². The van der Waals surface area contributed by atoms with E-state index in [0.29, 0.717) is 31.0 Å². The fourth-order valence-corrected chi connectivity index (χ4v) is 3.17. The lowest BCUT2D eigenvalue weighted by molar-refractivity contribution is -0.137. The first-order chi connectivity index (χ1) is 10.5. The lowest BCUT2D eigenvalue weighted by Gasteiger charge is -2.25. The van der Waals surface area contributed by atoms with E-state index in [-0.39, 0.29) is 0 Å². The lowest BCUT2D eigenvalue weighted by Crippen LogP contribution is -2.35. The molecular formula is C15H15F3N2OS. The van der Waals surface area contributed by atoms with Crippen LogP contribution in [0.25, 0.3) is 11.3 Å². The maximum absolute atomic E-state index is 12.8. The number of thiazole rings is 1. The highest BCUT2D eigenvalue weighted by Gasteiger charge is 2.30. The zero-order valence-electron chi connectivity index (χ0n) is 11.8. The number of aromatic nitrogens is 1. The summed E-state index contributed by atoms with van der Waals surface area (Å²) in [6, 6.07) is 5.29. The molecule has 0 unspecified atom stereocenters. The van der Waals surface area contributed by atoms with Gasteiger partial charge in [0.15, 0.2) is 0 Å². The Hall–Kier alpha value is -1.44. The topological polar surface area (TPSA) is 25.4 Å². The van der Waals surface area contributed by atoms with Crippen LogP contribution in [0.15, 0.2) is 29.6 Å². The van der Waals surface area contributed by atoms with Crippen molar-refractivity contribution >= 4 is 11.3 Å². The van der Waals surface area contributed by atoms with Crippen molar-refractivity contribution < 1.29 is 17.9 Å². The standard InChI is InChI=1S/C15H15F3N2OS/c16-15(17,18)12-3-1-2-11(8-12)13-10-22-14(19-13)9-20-4-6-21-7-5-20/h1-3,8,10H,4-7,9H2. The quantitative estimate of drug-likeness (QED) is 0.860. The molecule has 0 bridgehead atoms. The Labute approximate surface area is 130 Å². The minimum absolute atomic E-state index is 0.499. The molecule has 0 saturated carbocycles. The SMILES string of the molecule is FC(F)(F)c1cccc(-c2csc(CN3CCOCC3)n2)c1. The third-order valence-electron chi connectivity index (χ3n) is 3.50. The van der Waals surface area contributed by atoms with Crippen LogP contribution >= 0.6 is 11.3 Å². The number of nitrogens with zero attached hydrogens (tertiary/aromatic N) is 2. The third kappa shape index (κ3) is 3.66. The molecule has 0 aliphatic carbocycles. The van der Waals surface area contributed by atoms with E-state index in [2.05, 4.69) is 9.88 Å². The second kappa shape index (κ2) is 6.36. The number of rotatable bonds is 3. The Morgan fingerprint density at radius 2 is 2.00 bits per heavy atom. The van der Waals surface area contributed by atoms with Crippen LogP contribution in [0.3, 0.4) is 0 Å². The first kappa shape index (κ1) is 15.5. The molecule has 0 amide bonds. The lowest BCUT2D eigenvalue weighted by atomic mass is 10.1. The van der Waals surface area contributed by atoms with Crippen molar-refractivity contribution in [3.63, 3.8) is 0 Å². The van der Waals surface area contributed by atoms with Crippen molar-refractivity contribution in [1.29, 1.82) is 0 Å². The number of benzene rings is 1. The van der Waals surface area contributed by atoms with E-state index in [0.717, 1.165) is 30.2 Å². The number of alkyl halides is 3. The Kier molecular flexibility index (Phi) is 4.46. The Morgan fingerprint density at radius 3 is 2.73 bits per heavy atom. The summed E-state index contributed by atoms with van der Waals surface area (Å²) in [4.78, 5) is 6.70. The van der Waals surface area contributed by atoms with Gasteiger partial charge >= 0.3 is 6.18 Å². The highest BCUT2D eigenvalue weighted by molar-refractivity contribution is 7.09. The van der Waals surface area contributed by atoms with Gasteiger partial charge in [0.1, 0.15) is 5.01 Å². The Balaban J connectivity index is 1.75. The van der Waals surface area contributed by atoms with Crippen LogP contribution in [0, 0.1) is 0 Å². The fourth-order valence-electron chi connectivity index (χ4n) is 2.32. The molecule has 22 heavy (non-hydrogen) atoms. The zero-order chi connectivity index (χ0) is 15.6. The van der Waals surface area contributed by atoms with Crippen LogP contribution in [0.4, 0.5) is 13.2 Å². The van der Waals surface area contributed by atoms with Crippen molar-refractivity contribution in [2.45, 2.75) is 12.7 Å². The van der Waals surface area contributed by atoms with Crippen LogP contribution in [-0.2, 0) is 17.5 Å². The van der Waals surface area contributed by atoms with E-state index >= 15 is 0 Å². The van der Waals surface area contributed by atoms with E-state index in [9.17, 15) is 13.2 Å². The molecule has 0 atom stereocenters. The van der Waals surface area contributed by atoms with Crippen LogP contribution in [0.1, 0.15) is 10.6 Å². The maximum Gasteiger partial charge on any atom is 0.416 e. The summed E-state index contributed by atoms with van der Waals surface area (Å²) in [7, 11) is 0. The molecule has 3 nitrogen and oxygen atoms in total. The van der Waals surface area contributed by atoms with E-state index in [4.69, 9.17) is 4.74 Å². The summed E-state index contributed by atoms with van der Waals surface area (Å²) in [6.45, 7) is 3.86. The van der Waals surface area contributed by atoms with Gasteiger partial charge in [0.05, 0.1) is 31.0 Å². The van der Waals surface area contributed by atoms with Crippen molar-refractivity contribution in [2.75, 3.05) is 26.3 Å². The summed E-state index contributed by atoms with van der Waals surface area (Å²) in [5, 5.41) is 2.72. The van der Waals surface area contributed by atoms with Gasteiger partial charge in [0.25, 0.3) is 0 Å². The molecule has 0 N–H and O–H groups in total. The van der Waals surface area contributed by atoms with Gasteiger partial charge in [0.2, 0.25) is 0 Å². The van der Waals surface area contributed by atoms with Gasteiger partial charge in [0, 0.05) is 24.0 Å². The molecule has 2 aromatic rings. The normalized spacial score (nSPS) is 16.9. The van der Waals surface area contributed by atoms with Crippen molar-refractivity contribution in [2.24, 2.45) is 0 Å². The number of hydrogen-bond acceptors (Lipinski definition) is 4. The first-order valence-corrected chi connectivity index (χ1v) is 7.82. The van der Waals surface area contributed by atoms with E-state index in [1.54, 1.807) is 6.07 Å². The molecule has 1 aromatic carbocycles. The molecule has 3 rings (SSSR count). The molecule has 7 heteroatoms. The van der Waals surface area contributed by atoms with Gasteiger partial charge in [-0.3, -0.25) is 4.90 Å². The Morgan fingerprint density at radius 1 is 1.23 bits per heavy atom. The summed E-state index contributed by atoms with van der Waals surface area (Å²) in [5.41, 5.74) is 0.450. The predicted molar refractivity (Wildman–Crippen MR) is 78.6 cm³/mol. The molecule has 1 fully saturated rings. The summed E-state index contributed by atoms with van der Waals surface area (Å²) in [6.07, 6.45) is -4.33. The minimum Gasteiger partial charge on any atom is -0.379 e. The second-order valence-corrected chi connectivity index (χ2v) is 6.04. The molecular weight excluding hydrogens is 313 g/mol. The fraction of sp³-hybridized carbons (Fsp3) is 0.400. The predicted octanol–water partition coefficient (Wildman–Crippen LogP) is 3.66. The highest BCUT2D eigenvalue weighted by Crippen LogP contribution is 2.32. The van der Waals surface area contributed by atoms with Crippen molar-refractivity contribution in [3.8, 4) is 11.3 Å². The average Bonchev–Trinajstić information content (AvgIpc) is 2.96. The maximum atomic E-state index is 12.8. The smallest absolute Gasteiger partial charge is 0.379 e. The van der Waals surface area contributed by atoms with Crippen LogP contribution < -0.4 is 0 Å². The molecule has 0 spiro atoms. The monoisotopic (exact) mass is 328 g/mol. The van der Waals surface area contributed by atoms with Gasteiger partial charge in [-0.05, 0) is 12.1 Å². The largest absolute Gasteiger partial charge is 0.416 e. The second-order valence-electron chi connectivity index (χ2n) is 5.09. The van der Waals surface area contributed by atoms with Gasteiger partial charge in [-0.1, -0.05) is 12.1 Å². The zero-order valence-corrected chi connectivity index (χ0v) is 12.6. The van der Waals surface area contributed by atoms with Crippen molar-refractivity contribution in [1.82, 2.24) is 9.88 Å².